The maximum Gasteiger partial charge on any atom is 0.250 e. The molecule has 2 rings (SSSR count). The molecule has 0 unspecified atom stereocenters. The number of nitrogens with zero attached hydrogens (tertiary/aromatic N) is 1. The highest BCUT2D eigenvalue weighted by molar-refractivity contribution is 5.99. The summed E-state index contributed by atoms with van der Waals surface area (Å²) in [7, 11) is 3.13. The highest BCUT2D eigenvalue weighted by Gasteiger charge is 2.16. The Morgan fingerprint density at radius 3 is 2.53 bits per heavy atom. The molecule has 1 amide bonds. The fourth-order valence-corrected chi connectivity index (χ4v) is 2.00. The molecule has 0 aliphatic rings. The maximum absolute atomic E-state index is 11.8. The summed E-state index contributed by atoms with van der Waals surface area (Å²) in [6.07, 6.45) is 0. The molecule has 0 aliphatic carbocycles. The molecular formula is C14H14N2O3. The van der Waals surface area contributed by atoms with Crippen LogP contribution in [0.4, 0.5) is 0 Å². The Hall–Kier alpha value is -2.56. The van der Waals surface area contributed by atoms with Crippen molar-refractivity contribution in [3.63, 3.8) is 0 Å². The van der Waals surface area contributed by atoms with E-state index in [1.165, 1.54) is 23.8 Å². The minimum atomic E-state index is -0.587. The number of hydrogen-bond acceptors (Lipinski definition) is 3. The van der Waals surface area contributed by atoms with Gasteiger partial charge in [-0.15, -0.1) is 0 Å². The van der Waals surface area contributed by atoms with Crippen LogP contribution < -0.4 is 16.0 Å². The fraction of sp³-hybridized carbons (Fsp3) is 0.143. The quantitative estimate of drug-likeness (QED) is 0.897. The standard InChI is InChI=1S/C14H14N2O3/c1-16-12(17)8-7-10(14(15)18)13(16)9-5-3-4-6-11(9)19-2/h3-8H,1-2H3,(H2,15,18). The molecule has 0 radical (unpaired) electrons. The second-order valence-electron chi connectivity index (χ2n) is 4.06. The van der Waals surface area contributed by atoms with E-state index in [-0.39, 0.29) is 11.1 Å². The van der Waals surface area contributed by atoms with Crippen LogP contribution in [0.25, 0.3) is 11.3 Å². The van der Waals surface area contributed by atoms with Crippen LogP contribution in [0.15, 0.2) is 41.2 Å². The molecule has 0 aliphatic heterocycles. The smallest absolute Gasteiger partial charge is 0.250 e. The number of methoxy groups -OCH3 is 1. The number of pyridine rings is 1. The van der Waals surface area contributed by atoms with Crippen LogP contribution in [0.2, 0.25) is 0 Å². The van der Waals surface area contributed by atoms with Gasteiger partial charge in [0.1, 0.15) is 5.75 Å². The molecule has 2 aromatic rings. The maximum atomic E-state index is 11.8. The van der Waals surface area contributed by atoms with Crippen LogP contribution in [0.3, 0.4) is 0 Å². The molecule has 19 heavy (non-hydrogen) atoms. The summed E-state index contributed by atoms with van der Waals surface area (Å²) < 4.78 is 6.65. The first-order valence-electron chi connectivity index (χ1n) is 5.69. The molecule has 1 heterocycles. The van der Waals surface area contributed by atoms with E-state index in [1.807, 2.05) is 6.07 Å². The second-order valence-corrected chi connectivity index (χ2v) is 4.06. The molecule has 0 saturated carbocycles. The number of hydrogen-bond donors (Lipinski definition) is 1. The first-order valence-corrected chi connectivity index (χ1v) is 5.69. The number of aromatic nitrogens is 1. The van der Waals surface area contributed by atoms with Gasteiger partial charge in [0.05, 0.1) is 18.4 Å². The number of rotatable bonds is 3. The van der Waals surface area contributed by atoms with Gasteiger partial charge in [0.2, 0.25) is 0 Å². The van der Waals surface area contributed by atoms with E-state index >= 15 is 0 Å². The lowest BCUT2D eigenvalue weighted by Gasteiger charge is -2.14. The van der Waals surface area contributed by atoms with Gasteiger partial charge in [-0.3, -0.25) is 9.59 Å². The molecule has 98 valence electrons. The van der Waals surface area contributed by atoms with Crippen molar-refractivity contribution in [3.8, 4) is 17.0 Å². The monoisotopic (exact) mass is 258 g/mol. The zero-order valence-corrected chi connectivity index (χ0v) is 10.7. The lowest BCUT2D eigenvalue weighted by Crippen LogP contribution is -2.23. The number of amides is 1. The largest absolute Gasteiger partial charge is 0.496 e. The molecule has 1 aromatic carbocycles. The summed E-state index contributed by atoms with van der Waals surface area (Å²) in [5, 5.41) is 0. The number of primary amides is 1. The summed E-state index contributed by atoms with van der Waals surface area (Å²) in [4.78, 5) is 23.3. The van der Waals surface area contributed by atoms with Crippen molar-refractivity contribution < 1.29 is 9.53 Å². The molecule has 0 fully saturated rings. The van der Waals surface area contributed by atoms with E-state index in [0.717, 1.165) is 0 Å². The minimum Gasteiger partial charge on any atom is -0.496 e. The van der Waals surface area contributed by atoms with E-state index in [2.05, 4.69) is 0 Å². The average Bonchev–Trinajstić information content (AvgIpc) is 2.41. The van der Waals surface area contributed by atoms with Crippen LogP contribution in [-0.4, -0.2) is 17.6 Å². The number of ether oxygens (including phenoxy) is 1. The summed E-state index contributed by atoms with van der Waals surface area (Å²) >= 11 is 0. The molecule has 0 atom stereocenters. The minimum absolute atomic E-state index is 0.217. The first-order chi connectivity index (χ1) is 9.06. The van der Waals surface area contributed by atoms with Crippen molar-refractivity contribution in [2.75, 3.05) is 7.11 Å². The fourth-order valence-electron chi connectivity index (χ4n) is 2.00. The molecule has 0 bridgehead atoms. The topological polar surface area (TPSA) is 74.3 Å². The van der Waals surface area contributed by atoms with Crippen LogP contribution in [-0.2, 0) is 7.05 Å². The number of carbonyl (C=O) groups excluding carboxylic acids is 1. The summed E-state index contributed by atoms with van der Waals surface area (Å²) in [6, 6.07) is 9.91. The zero-order chi connectivity index (χ0) is 14.0. The highest BCUT2D eigenvalue weighted by Crippen LogP contribution is 2.30. The highest BCUT2D eigenvalue weighted by atomic mass is 16.5. The predicted octanol–water partition coefficient (Wildman–Crippen LogP) is 1.16. The van der Waals surface area contributed by atoms with Gasteiger partial charge in [-0.25, -0.2) is 0 Å². The van der Waals surface area contributed by atoms with Crippen LogP contribution in [0, 0.1) is 0 Å². The number of nitrogens with two attached hydrogens (primary N) is 1. The summed E-state index contributed by atoms with van der Waals surface area (Å²) in [5.41, 5.74) is 6.54. The van der Waals surface area contributed by atoms with E-state index in [4.69, 9.17) is 10.5 Å². The molecule has 2 N–H and O–H groups in total. The summed E-state index contributed by atoms with van der Waals surface area (Å²) in [5.74, 6) is -0.0114. The lowest BCUT2D eigenvalue weighted by molar-refractivity contribution is 0.100. The number of para-hydroxylation sites is 1. The summed E-state index contributed by atoms with van der Waals surface area (Å²) in [6.45, 7) is 0. The van der Waals surface area contributed by atoms with Gasteiger partial charge in [-0.05, 0) is 18.2 Å². The predicted molar refractivity (Wildman–Crippen MR) is 72.2 cm³/mol. The van der Waals surface area contributed by atoms with Crippen LogP contribution in [0.1, 0.15) is 10.4 Å². The third-order valence-electron chi connectivity index (χ3n) is 2.94. The van der Waals surface area contributed by atoms with Crippen molar-refractivity contribution in [1.82, 2.24) is 4.57 Å². The molecule has 0 spiro atoms. The van der Waals surface area contributed by atoms with Crippen molar-refractivity contribution in [2.45, 2.75) is 0 Å². The van der Waals surface area contributed by atoms with E-state index < -0.39 is 5.91 Å². The number of benzene rings is 1. The van der Waals surface area contributed by atoms with Gasteiger partial charge in [-0.1, -0.05) is 12.1 Å². The van der Waals surface area contributed by atoms with Gasteiger partial charge in [0.15, 0.2) is 0 Å². The van der Waals surface area contributed by atoms with Gasteiger partial charge in [0, 0.05) is 18.7 Å². The number of carbonyl (C=O) groups is 1. The lowest BCUT2D eigenvalue weighted by atomic mass is 10.0. The Balaban J connectivity index is 2.84. The Bertz CT molecular complexity index is 689. The van der Waals surface area contributed by atoms with Crippen molar-refractivity contribution in [2.24, 2.45) is 12.8 Å². The zero-order valence-electron chi connectivity index (χ0n) is 10.7. The second kappa shape index (κ2) is 4.97. The van der Waals surface area contributed by atoms with E-state index in [0.29, 0.717) is 17.0 Å². The average molecular weight is 258 g/mol. The van der Waals surface area contributed by atoms with Gasteiger partial charge in [-0.2, -0.15) is 0 Å². The van der Waals surface area contributed by atoms with Gasteiger partial charge >= 0.3 is 0 Å². The normalized spacial score (nSPS) is 10.2. The van der Waals surface area contributed by atoms with Gasteiger partial charge < -0.3 is 15.0 Å². The van der Waals surface area contributed by atoms with E-state index in [9.17, 15) is 9.59 Å². The Morgan fingerprint density at radius 2 is 1.89 bits per heavy atom. The van der Waals surface area contributed by atoms with Crippen LogP contribution in [0.5, 0.6) is 5.75 Å². The van der Waals surface area contributed by atoms with Crippen molar-refractivity contribution >= 4 is 5.91 Å². The van der Waals surface area contributed by atoms with Gasteiger partial charge in [0.25, 0.3) is 11.5 Å². The third-order valence-corrected chi connectivity index (χ3v) is 2.94. The SMILES string of the molecule is COc1ccccc1-c1c(C(N)=O)ccc(=O)n1C. The van der Waals surface area contributed by atoms with E-state index in [1.54, 1.807) is 25.2 Å². The molecular weight excluding hydrogens is 244 g/mol. The molecule has 5 heteroatoms. The first kappa shape index (κ1) is 12.9. The molecule has 1 aromatic heterocycles. The Kier molecular flexibility index (Phi) is 3.37. The molecule has 5 nitrogen and oxygen atoms in total. The Labute approximate surface area is 110 Å². The van der Waals surface area contributed by atoms with Crippen molar-refractivity contribution in [3.05, 3.63) is 52.3 Å². The van der Waals surface area contributed by atoms with Crippen molar-refractivity contribution in [1.29, 1.82) is 0 Å². The van der Waals surface area contributed by atoms with Crippen LogP contribution >= 0.6 is 0 Å². The Morgan fingerprint density at radius 1 is 1.21 bits per heavy atom. The third kappa shape index (κ3) is 2.22. The molecule has 0 saturated heterocycles.